The smallest absolute Gasteiger partial charge is 0.158 e. The van der Waals surface area contributed by atoms with E-state index in [1.54, 1.807) is 6.33 Å². The van der Waals surface area contributed by atoms with Crippen LogP contribution in [0.2, 0.25) is 0 Å². The lowest BCUT2D eigenvalue weighted by molar-refractivity contribution is 0.236. The molecule has 0 spiro atoms. The number of rotatable bonds is 6. The SMILES string of the molecule is CCN(CC)CC(C)n1cnnc1CO. The Bertz CT molecular complexity index is 283. The van der Waals surface area contributed by atoms with Crippen LogP contribution in [-0.2, 0) is 6.61 Å². The Labute approximate surface area is 90.7 Å². The second-order valence-electron chi connectivity index (χ2n) is 3.65. The van der Waals surface area contributed by atoms with E-state index in [-0.39, 0.29) is 6.61 Å². The summed E-state index contributed by atoms with van der Waals surface area (Å²) in [6.07, 6.45) is 1.68. The van der Waals surface area contributed by atoms with Crippen molar-refractivity contribution in [2.75, 3.05) is 19.6 Å². The predicted octanol–water partition coefficient (Wildman–Crippen LogP) is 0.673. The van der Waals surface area contributed by atoms with Gasteiger partial charge in [0, 0.05) is 12.6 Å². The van der Waals surface area contributed by atoms with Gasteiger partial charge in [-0.3, -0.25) is 0 Å². The summed E-state index contributed by atoms with van der Waals surface area (Å²) < 4.78 is 1.93. The topological polar surface area (TPSA) is 54.2 Å². The Morgan fingerprint density at radius 1 is 1.47 bits per heavy atom. The van der Waals surface area contributed by atoms with Gasteiger partial charge < -0.3 is 14.6 Å². The lowest BCUT2D eigenvalue weighted by Gasteiger charge is -2.23. The number of hydrogen-bond acceptors (Lipinski definition) is 4. The first kappa shape index (κ1) is 12.1. The number of aliphatic hydroxyl groups is 1. The number of aromatic nitrogens is 3. The van der Waals surface area contributed by atoms with Gasteiger partial charge in [-0.25, -0.2) is 0 Å². The first-order valence-corrected chi connectivity index (χ1v) is 5.44. The highest BCUT2D eigenvalue weighted by molar-refractivity contribution is 4.86. The van der Waals surface area contributed by atoms with Crippen LogP contribution in [0.4, 0.5) is 0 Å². The Morgan fingerprint density at radius 2 is 2.13 bits per heavy atom. The molecule has 1 aromatic heterocycles. The monoisotopic (exact) mass is 212 g/mol. The Morgan fingerprint density at radius 3 is 2.67 bits per heavy atom. The molecule has 0 saturated carbocycles. The van der Waals surface area contributed by atoms with Crippen LogP contribution < -0.4 is 0 Å². The van der Waals surface area contributed by atoms with Gasteiger partial charge in [0.1, 0.15) is 12.9 Å². The van der Waals surface area contributed by atoms with Crippen molar-refractivity contribution >= 4 is 0 Å². The van der Waals surface area contributed by atoms with Crippen LogP contribution in [0, 0.1) is 0 Å². The van der Waals surface area contributed by atoms with E-state index in [0.717, 1.165) is 19.6 Å². The summed E-state index contributed by atoms with van der Waals surface area (Å²) in [6.45, 7) is 9.39. The number of hydrogen-bond donors (Lipinski definition) is 1. The van der Waals surface area contributed by atoms with Crippen LogP contribution in [0.1, 0.15) is 32.6 Å². The molecule has 0 aromatic carbocycles. The minimum Gasteiger partial charge on any atom is -0.388 e. The van der Waals surface area contributed by atoms with E-state index >= 15 is 0 Å². The first-order chi connectivity index (χ1) is 7.22. The van der Waals surface area contributed by atoms with Crippen LogP contribution >= 0.6 is 0 Å². The summed E-state index contributed by atoms with van der Waals surface area (Å²) >= 11 is 0. The Hall–Kier alpha value is -0.940. The molecular formula is C10H20N4O. The number of nitrogens with zero attached hydrogens (tertiary/aromatic N) is 4. The summed E-state index contributed by atoms with van der Waals surface area (Å²) in [6, 6.07) is 0.294. The van der Waals surface area contributed by atoms with Crippen LogP contribution in [0.3, 0.4) is 0 Å². The maximum absolute atomic E-state index is 9.07. The van der Waals surface area contributed by atoms with Crippen molar-refractivity contribution in [1.29, 1.82) is 0 Å². The van der Waals surface area contributed by atoms with Gasteiger partial charge in [-0.05, 0) is 20.0 Å². The van der Waals surface area contributed by atoms with E-state index in [4.69, 9.17) is 5.11 Å². The number of likely N-dealkylation sites (N-methyl/N-ethyl adjacent to an activating group) is 1. The van der Waals surface area contributed by atoms with E-state index in [1.165, 1.54) is 0 Å². The highest BCUT2D eigenvalue weighted by Gasteiger charge is 2.12. The van der Waals surface area contributed by atoms with Crippen molar-refractivity contribution in [2.24, 2.45) is 0 Å². The molecule has 86 valence electrons. The van der Waals surface area contributed by atoms with E-state index in [9.17, 15) is 0 Å². The number of aliphatic hydroxyl groups excluding tert-OH is 1. The largest absolute Gasteiger partial charge is 0.388 e. The molecule has 0 aliphatic rings. The molecule has 0 aliphatic heterocycles. The molecule has 0 amide bonds. The Kier molecular flexibility index (Phi) is 4.71. The second-order valence-corrected chi connectivity index (χ2v) is 3.65. The van der Waals surface area contributed by atoms with Gasteiger partial charge >= 0.3 is 0 Å². The highest BCUT2D eigenvalue weighted by Crippen LogP contribution is 2.09. The van der Waals surface area contributed by atoms with Gasteiger partial charge in [0.2, 0.25) is 0 Å². The fourth-order valence-electron chi connectivity index (χ4n) is 1.69. The van der Waals surface area contributed by atoms with Crippen LogP contribution in [-0.4, -0.2) is 44.4 Å². The molecule has 1 rings (SSSR count). The zero-order chi connectivity index (χ0) is 11.3. The van der Waals surface area contributed by atoms with Gasteiger partial charge in [0.05, 0.1) is 0 Å². The van der Waals surface area contributed by atoms with Crippen LogP contribution in [0.15, 0.2) is 6.33 Å². The van der Waals surface area contributed by atoms with E-state index in [2.05, 4.69) is 35.9 Å². The highest BCUT2D eigenvalue weighted by atomic mass is 16.3. The molecule has 1 heterocycles. The van der Waals surface area contributed by atoms with Crippen molar-refractivity contribution in [3.63, 3.8) is 0 Å². The molecule has 0 bridgehead atoms. The third kappa shape index (κ3) is 3.00. The van der Waals surface area contributed by atoms with Crippen molar-refractivity contribution in [2.45, 2.75) is 33.4 Å². The normalized spacial score (nSPS) is 13.4. The minimum atomic E-state index is -0.0530. The molecule has 0 aliphatic carbocycles. The lowest BCUT2D eigenvalue weighted by atomic mass is 10.3. The van der Waals surface area contributed by atoms with Crippen molar-refractivity contribution in [1.82, 2.24) is 19.7 Å². The molecular weight excluding hydrogens is 192 g/mol. The van der Waals surface area contributed by atoms with Gasteiger partial charge in [0.15, 0.2) is 5.82 Å². The molecule has 0 saturated heterocycles. The zero-order valence-corrected chi connectivity index (χ0v) is 9.72. The predicted molar refractivity (Wildman–Crippen MR) is 58.4 cm³/mol. The molecule has 5 heteroatoms. The minimum absolute atomic E-state index is 0.0530. The fraction of sp³-hybridized carbons (Fsp3) is 0.800. The van der Waals surface area contributed by atoms with Crippen LogP contribution in [0.5, 0.6) is 0 Å². The summed E-state index contributed by atoms with van der Waals surface area (Å²) in [5, 5.41) is 16.7. The average molecular weight is 212 g/mol. The van der Waals surface area contributed by atoms with Gasteiger partial charge in [-0.1, -0.05) is 13.8 Å². The Balaban J connectivity index is 2.63. The van der Waals surface area contributed by atoms with Crippen molar-refractivity contribution < 1.29 is 5.11 Å². The first-order valence-electron chi connectivity index (χ1n) is 5.44. The maximum Gasteiger partial charge on any atom is 0.158 e. The second kappa shape index (κ2) is 5.82. The quantitative estimate of drug-likeness (QED) is 0.753. The summed E-state index contributed by atoms with van der Waals surface area (Å²) in [5.74, 6) is 0.634. The third-order valence-electron chi connectivity index (χ3n) is 2.68. The molecule has 0 fully saturated rings. The third-order valence-corrected chi connectivity index (χ3v) is 2.68. The summed E-state index contributed by atoms with van der Waals surface area (Å²) in [7, 11) is 0. The molecule has 1 atom stereocenters. The van der Waals surface area contributed by atoms with Gasteiger partial charge in [0.25, 0.3) is 0 Å². The zero-order valence-electron chi connectivity index (χ0n) is 9.72. The molecule has 5 nitrogen and oxygen atoms in total. The maximum atomic E-state index is 9.07. The van der Waals surface area contributed by atoms with Gasteiger partial charge in [-0.15, -0.1) is 10.2 Å². The fourth-order valence-corrected chi connectivity index (χ4v) is 1.69. The van der Waals surface area contributed by atoms with Crippen LogP contribution in [0.25, 0.3) is 0 Å². The van der Waals surface area contributed by atoms with E-state index < -0.39 is 0 Å². The molecule has 15 heavy (non-hydrogen) atoms. The van der Waals surface area contributed by atoms with Crippen molar-refractivity contribution in [3.8, 4) is 0 Å². The van der Waals surface area contributed by atoms with E-state index in [0.29, 0.717) is 11.9 Å². The molecule has 0 radical (unpaired) electrons. The standard InChI is InChI=1S/C10H20N4O/c1-4-13(5-2)6-9(3)14-8-11-12-10(14)7-15/h8-9,15H,4-7H2,1-3H3. The molecule has 1 aromatic rings. The van der Waals surface area contributed by atoms with E-state index in [1.807, 2.05) is 4.57 Å². The lowest BCUT2D eigenvalue weighted by Crippen LogP contribution is -2.30. The molecule has 1 unspecified atom stereocenters. The summed E-state index contributed by atoms with van der Waals surface area (Å²) in [5.41, 5.74) is 0. The van der Waals surface area contributed by atoms with Crippen molar-refractivity contribution in [3.05, 3.63) is 12.2 Å². The summed E-state index contributed by atoms with van der Waals surface area (Å²) in [4.78, 5) is 2.34. The molecule has 1 N–H and O–H groups in total. The van der Waals surface area contributed by atoms with Gasteiger partial charge in [-0.2, -0.15) is 0 Å². The average Bonchev–Trinajstić information content (AvgIpc) is 2.73.